The van der Waals surface area contributed by atoms with Crippen LogP contribution < -0.4 is 5.73 Å². The van der Waals surface area contributed by atoms with Gasteiger partial charge in [-0.3, -0.25) is 4.79 Å². The molecular formula is C14H20ClFN2O. The van der Waals surface area contributed by atoms with Crippen molar-refractivity contribution >= 4 is 18.3 Å². The molecule has 5 heteroatoms. The number of hydrogen-bond donors (Lipinski definition) is 1. The molecule has 2 N–H and O–H groups in total. The summed E-state index contributed by atoms with van der Waals surface area (Å²) in [7, 11) is 1.75. The zero-order chi connectivity index (χ0) is 13.1. The van der Waals surface area contributed by atoms with Crippen molar-refractivity contribution in [2.45, 2.75) is 31.8 Å². The number of carbonyl (C=O) groups excluding carboxylic acids is 1. The van der Waals surface area contributed by atoms with Gasteiger partial charge in [0.1, 0.15) is 5.82 Å². The Labute approximate surface area is 119 Å². The van der Waals surface area contributed by atoms with Crippen LogP contribution in [0, 0.1) is 11.7 Å². The smallest absolute Gasteiger partial charge is 0.227 e. The van der Waals surface area contributed by atoms with Crippen molar-refractivity contribution in [1.82, 2.24) is 4.90 Å². The van der Waals surface area contributed by atoms with E-state index in [0.29, 0.717) is 6.54 Å². The number of nitrogens with two attached hydrogens (primary N) is 1. The Morgan fingerprint density at radius 1 is 1.47 bits per heavy atom. The quantitative estimate of drug-likeness (QED) is 0.927. The number of benzene rings is 1. The predicted molar refractivity (Wildman–Crippen MR) is 75.4 cm³/mol. The molecule has 2 unspecified atom stereocenters. The molecule has 0 aromatic heterocycles. The molecule has 0 aliphatic heterocycles. The number of amides is 1. The highest BCUT2D eigenvalue weighted by Crippen LogP contribution is 2.26. The van der Waals surface area contributed by atoms with Crippen LogP contribution in [0.1, 0.15) is 24.8 Å². The summed E-state index contributed by atoms with van der Waals surface area (Å²) in [5, 5.41) is 0. The van der Waals surface area contributed by atoms with Gasteiger partial charge in [0.25, 0.3) is 0 Å². The summed E-state index contributed by atoms with van der Waals surface area (Å²) < 4.78 is 13.1. The summed E-state index contributed by atoms with van der Waals surface area (Å²) in [6.07, 6.45) is 2.81. The maximum atomic E-state index is 13.1. The molecule has 0 radical (unpaired) electrons. The van der Waals surface area contributed by atoms with Gasteiger partial charge in [-0.2, -0.15) is 0 Å². The molecule has 1 aromatic rings. The number of nitrogens with zero attached hydrogens (tertiary/aromatic N) is 1. The molecule has 3 nitrogen and oxygen atoms in total. The molecule has 0 spiro atoms. The molecule has 1 fully saturated rings. The van der Waals surface area contributed by atoms with Crippen LogP contribution in [0.25, 0.3) is 0 Å². The van der Waals surface area contributed by atoms with E-state index < -0.39 is 0 Å². The molecule has 2 atom stereocenters. The number of carbonyl (C=O) groups is 1. The van der Waals surface area contributed by atoms with Gasteiger partial charge >= 0.3 is 0 Å². The lowest BCUT2D eigenvalue weighted by molar-refractivity contribution is -0.134. The third-order valence-corrected chi connectivity index (χ3v) is 3.57. The maximum Gasteiger partial charge on any atom is 0.227 e. The average Bonchev–Trinajstić information content (AvgIpc) is 2.74. The first kappa shape index (κ1) is 15.9. The summed E-state index contributed by atoms with van der Waals surface area (Å²) >= 11 is 0. The minimum atomic E-state index is -0.272. The largest absolute Gasteiger partial charge is 0.341 e. The third-order valence-electron chi connectivity index (χ3n) is 3.57. The molecule has 0 bridgehead atoms. The van der Waals surface area contributed by atoms with Crippen molar-refractivity contribution in [3.63, 3.8) is 0 Å². The van der Waals surface area contributed by atoms with Gasteiger partial charge in [-0.25, -0.2) is 4.39 Å². The van der Waals surface area contributed by atoms with Crippen molar-refractivity contribution < 1.29 is 9.18 Å². The SMILES string of the molecule is CN(Cc1cccc(F)c1)C(=O)C1CCCC1N.Cl. The zero-order valence-corrected chi connectivity index (χ0v) is 11.8. The van der Waals surface area contributed by atoms with Gasteiger partial charge < -0.3 is 10.6 Å². The van der Waals surface area contributed by atoms with E-state index in [0.717, 1.165) is 24.8 Å². The molecule has 1 aromatic carbocycles. The second kappa shape index (κ2) is 6.87. The Morgan fingerprint density at radius 2 is 2.21 bits per heavy atom. The van der Waals surface area contributed by atoms with Crippen LogP contribution >= 0.6 is 12.4 Å². The lowest BCUT2D eigenvalue weighted by atomic mass is 10.0. The van der Waals surface area contributed by atoms with Crippen molar-refractivity contribution in [1.29, 1.82) is 0 Å². The van der Waals surface area contributed by atoms with E-state index in [1.54, 1.807) is 18.0 Å². The van der Waals surface area contributed by atoms with Crippen molar-refractivity contribution in [3.05, 3.63) is 35.6 Å². The normalized spacial score (nSPS) is 21.8. The maximum absolute atomic E-state index is 13.1. The van der Waals surface area contributed by atoms with Crippen LogP contribution in [0.4, 0.5) is 4.39 Å². The highest BCUT2D eigenvalue weighted by molar-refractivity contribution is 5.85. The van der Waals surface area contributed by atoms with Crippen LogP contribution in [0.15, 0.2) is 24.3 Å². The molecule has 1 aliphatic carbocycles. The Hall–Kier alpha value is -1.13. The summed E-state index contributed by atoms with van der Waals surface area (Å²) in [6.45, 7) is 0.430. The van der Waals surface area contributed by atoms with E-state index >= 15 is 0 Å². The van der Waals surface area contributed by atoms with E-state index in [2.05, 4.69) is 0 Å². The standard InChI is InChI=1S/C14H19FN2O.ClH/c1-17(9-10-4-2-5-11(15)8-10)14(18)12-6-3-7-13(12)16;/h2,4-5,8,12-13H,3,6-7,9,16H2,1H3;1H. The van der Waals surface area contributed by atoms with Crippen LogP contribution in [0.2, 0.25) is 0 Å². The predicted octanol–water partition coefficient (Wildman–Crippen LogP) is 2.33. The number of halogens is 2. The molecular weight excluding hydrogens is 267 g/mol. The molecule has 1 saturated carbocycles. The van der Waals surface area contributed by atoms with Gasteiger partial charge in [-0.05, 0) is 30.5 Å². The van der Waals surface area contributed by atoms with E-state index in [4.69, 9.17) is 5.73 Å². The minimum Gasteiger partial charge on any atom is -0.341 e. The van der Waals surface area contributed by atoms with Crippen LogP contribution in [-0.4, -0.2) is 23.9 Å². The first-order valence-corrected chi connectivity index (χ1v) is 6.33. The second-order valence-electron chi connectivity index (χ2n) is 5.03. The third kappa shape index (κ3) is 3.91. The van der Waals surface area contributed by atoms with Gasteiger partial charge in [0.05, 0.1) is 5.92 Å². The molecule has 1 aliphatic rings. The molecule has 2 rings (SSSR count). The summed E-state index contributed by atoms with van der Waals surface area (Å²) in [5.74, 6) is -0.265. The highest BCUT2D eigenvalue weighted by Gasteiger charge is 2.32. The minimum absolute atomic E-state index is 0. The Kier molecular flexibility index (Phi) is 5.76. The van der Waals surface area contributed by atoms with Crippen molar-refractivity contribution in [2.24, 2.45) is 11.7 Å². The van der Waals surface area contributed by atoms with Gasteiger partial charge in [0.2, 0.25) is 5.91 Å². The van der Waals surface area contributed by atoms with Gasteiger partial charge in [0.15, 0.2) is 0 Å². The van der Waals surface area contributed by atoms with Crippen LogP contribution in [0.3, 0.4) is 0 Å². The van der Waals surface area contributed by atoms with Gasteiger partial charge in [-0.1, -0.05) is 18.6 Å². The zero-order valence-electron chi connectivity index (χ0n) is 11.0. The summed E-state index contributed by atoms with van der Waals surface area (Å²) in [5.41, 5.74) is 6.73. The average molecular weight is 287 g/mol. The van der Waals surface area contributed by atoms with Gasteiger partial charge in [0, 0.05) is 19.6 Å². The number of hydrogen-bond acceptors (Lipinski definition) is 2. The Bertz CT molecular complexity index is 441. The Morgan fingerprint density at radius 3 is 2.79 bits per heavy atom. The van der Waals surface area contributed by atoms with Crippen molar-refractivity contribution in [3.8, 4) is 0 Å². The fraction of sp³-hybridized carbons (Fsp3) is 0.500. The highest BCUT2D eigenvalue weighted by atomic mass is 35.5. The summed E-state index contributed by atoms with van der Waals surface area (Å²) in [4.78, 5) is 13.8. The fourth-order valence-corrected chi connectivity index (χ4v) is 2.57. The lowest BCUT2D eigenvalue weighted by Gasteiger charge is -2.23. The van der Waals surface area contributed by atoms with Gasteiger partial charge in [-0.15, -0.1) is 12.4 Å². The van der Waals surface area contributed by atoms with E-state index in [-0.39, 0.29) is 36.1 Å². The molecule has 0 heterocycles. The Balaban J connectivity index is 0.00000180. The van der Waals surface area contributed by atoms with Crippen LogP contribution in [0.5, 0.6) is 0 Å². The molecule has 106 valence electrons. The van der Waals surface area contributed by atoms with E-state index in [1.165, 1.54) is 12.1 Å². The van der Waals surface area contributed by atoms with E-state index in [9.17, 15) is 9.18 Å². The van der Waals surface area contributed by atoms with E-state index in [1.807, 2.05) is 6.07 Å². The molecule has 19 heavy (non-hydrogen) atoms. The molecule has 1 amide bonds. The first-order valence-electron chi connectivity index (χ1n) is 6.33. The molecule has 0 saturated heterocycles. The number of rotatable bonds is 3. The van der Waals surface area contributed by atoms with Crippen LogP contribution in [-0.2, 0) is 11.3 Å². The lowest BCUT2D eigenvalue weighted by Crippen LogP contribution is -2.39. The second-order valence-corrected chi connectivity index (χ2v) is 5.03. The fourth-order valence-electron chi connectivity index (χ4n) is 2.57. The van der Waals surface area contributed by atoms with Crippen molar-refractivity contribution in [2.75, 3.05) is 7.05 Å². The monoisotopic (exact) mass is 286 g/mol. The summed E-state index contributed by atoms with van der Waals surface area (Å²) in [6, 6.07) is 6.31. The first-order chi connectivity index (χ1) is 8.58. The topological polar surface area (TPSA) is 46.3 Å².